The largest absolute Gasteiger partial charge is 0.497 e. The minimum atomic E-state index is 0.329. The molecule has 0 aliphatic carbocycles. The lowest BCUT2D eigenvalue weighted by atomic mass is 10.2. The zero-order chi connectivity index (χ0) is 15.0. The molecule has 6 heteroatoms. The van der Waals surface area contributed by atoms with Crippen LogP contribution < -0.4 is 4.74 Å². The predicted molar refractivity (Wildman–Crippen MR) is 92.6 cm³/mol. The molecule has 3 rings (SSSR count). The fourth-order valence-corrected chi connectivity index (χ4v) is 3.20. The van der Waals surface area contributed by atoms with Crippen molar-refractivity contribution in [3.63, 3.8) is 0 Å². The molecule has 0 aliphatic rings. The van der Waals surface area contributed by atoms with Gasteiger partial charge in [-0.1, -0.05) is 15.9 Å². The second-order valence-corrected chi connectivity index (χ2v) is 6.48. The molecule has 0 aliphatic heterocycles. The maximum atomic E-state index is 6.08. The number of methoxy groups -OCH3 is 1. The van der Waals surface area contributed by atoms with E-state index < -0.39 is 0 Å². The van der Waals surface area contributed by atoms with Crippen molar-refractivity contribution in [3.8, 4) is 11.4 Å². The Hall–Kier alpha value is -1.04. The lowest BCUT2D eigenvalue weighted by Gasteiger charge is -2.12. The van der Waals surface area contributed by atoms with Crippen LogP contribution in [-0.2, 0) is 5.88 Å². The van der Waals surface area contributed by atoms with Crippen LogP contribution in [0.5, 0.6) is 5.75 Å². The summed E-state index contributed by atoms with van der Waals surface area (Å²) in [6.45, 7) is 0. The molecule has 0 radical (unpaired) electrons. The molecule has 1 heterocycles. The molecule has 2 aromatic carbocycles. The van der Waals surface area contributed by atoms with Crippen LogP contribution in [0, 0.1) is 0 Å². The van der Waals surface area contributed by atoms with Crippen molar-refractivity contribution in [1.82, 2.24) is 9.55 Å². The first-order valence-electron chi connectivity index (χ1n) is 6.21. The molecule has 0 atom stereocenters. The summed E-state index contributed by atoms with van der Waals surface area (Å²) >= 11 is 13.2. The van der Waals surface area contributed by atoms with Gasteiger partial charge in [-0.3, -0.25) is 4.57 Å². The van der Waals surface area contributed by atoms with Gasteiger partial charge in [-0.2, -0.15) is 0 Å². The number of hydrogen-bond donors (Lipinski definition) is 0. The number of nitrogens with zero attached hydrogens (tertiary/aromatic N) is 2. The van der Waals surface area contributed by atoms with Crippen LogP contribution in [0.3, 0.4) is 0 Å². The van der Waals surface area contributed by atoms with E-state index in [0.29, 0.717) is 5.88 Å². The van der Waals surface area contributed by atoms with Gasteiger partial charge in [0.15, 0.2) is 0 Å². The molecule has 3 aromatic rings. The summed E-state index contributed by atoms with van der Waals surface area (Å²) in [6.07, 6.45) is 0. The molecular formula is C15H11Br2ClN2O. The van der Waals surface area contributed by atoms with Crippen LogP contribution >= 0.6 is 43.5 Å². The normalized spacial score (nSPS) is 11.0. The van der Waals surface area contributed by atoms with Crippen LogP contribution in [0.1, 0.15) is 5.82 Å². The van der Waals surface area contributed by atoms with Crippen molar-refractivity contribution >= 4 is 54.5 Å². The third kappa shape index (κ3) is 2.70. The first-order valence-corrected chi connectivity index (χ1v) is 8.33. The Labute approximate surface area is 144 Å². The maximum absolute atomic E-state index is 6.08. The summed E-state index contributed by atoms with van der Waals surface area (Å²) in [5, 5.41) is 0. The first-order chi connectivity index (χ1) is 10.1. The van der Waals surface area contributed by atoms with E-state index in [9.17, 15) is 0 Å². The second kappa shape index (κ2) is 5.99. The van der Waals surface area contributed by atoms with Gasteiger partial charge in [0.05, 0.1) is 29.7 Å². The average molecular weight is 431 g/mol. The van der Waals surface area contributed by atoms with Gasteiger partial charge in [0.25, 0.3) is 0 Å². The maximum Gasteiger partial charge on any atom is 0.129 e. The van der Waals surface area contributed by atoms with Gasteiger partial charge in [-0.25, -0.2) is 4.98 Å². The third-order valence-electron chi connectivity index (χ3n) is 3.20. The smallest absolute Gasteiger partial charge is 0.129 e. The third-order valence-corrected chi connectivity index (χ3v) is 4.60. The minimum Gasteiger partial charge on any atom is -0.497 e. The average Bonchev–Trinajstić information content (AvgIpc) is 2.85. The predicted octanol–water partition coefficient (Wildman–Crippen LogP) is 5.30. The molecule has 0 fully saturated rings. The van der Waals surface area contributed by atoms with Crippen molar-refractivity contribution in [2.24, 2.45) is 0 Å². The summed E-state index contributed by atoms with van der Waals surface area (Å²) in [6, 6.07) is 11.8. The molecule has 0 amide bonds. The monoisotopic (exact) mass is 428 g/mol. The molecule has 0 spiro atoms. The summed E-state index contributed by atoms with van der Waals surface area (Å²) in [4.78, 5) is 4.59. The molecule has 0 unspecified atom stereocenters. The van der Waals surface area contributed by atoms with E-state index in [-0.39, 0.29) is 0 Å². The highest BCUT2D eigenvalue weighted by Gasteiger charge is 2.15. The van der Waals surface area contributed by atoms with E-state index in [1.54, 1.807) is 7.11 Å². The number of fused-ring (bicyclic) bond motifs is 1. The van der Waals surface area contributed by atoms with Crippen LogP contribution in [0.4, 0.5) is 0 Å². The highest BCUT2D eigenvalue weighted by molar-refractivity contribution is 9.10. The van der Waals surface area contributed by atoms with E-state index in [4.69, 9.17) is 16.3 Å². The van der Waals surface area contributed by atoms with Gasteiger partial charge in [0, 0.05) is 15.0 Å². The summed E-state index contributed by atoms with van der Waals surface area (Å²) in [7, 11) is 1.65. The molecule has 1 aromatic heterocycles. The van der Waals surface area contributed by atoms with Crippen LogP contribution in [0.15, 0.2) is 45.3 Å². The van der Waals surface area contributed by atoms with E-state index in [1.165, 1.54) is 0 Å². The Balaban J connectivity index is 2.35. The van der Waals surface area contributed by atoms with E-state index in [0.717, 1.165) is 37.2 Å². The number of ether oxygens (including phenoxy) is 1. The zero-order valence-corrected chi connectivity index (χ0v) is 15.0. The zero-order valence-electron chi connectivity index (χ0n) is 11.1. The number of rotatable bonds is 3. The summed E-state index contributed by atoms with van der Waals surface area (Å²) < 4.78 is 9.31. The van der Waals surface area contributed by atoms with Crippen molar-refractivity contribution < 1.29 is 4.74 Å². The summed E-state index contributed by atoms with van der Waals surface area (Å²) in [5.41, 5.74) is 2.85. The lowest BCUT2D eigenvalue weighted by Crippen LogP contribution is -2.01. The number of aromatic nitrogens is 2. The number of alkyl halides is 1. The van der Waals surface area contributed by atoms with Crippen LogP contribution in [0.25, 0.3) is 16.7 Å². The molecule has 0 N–H and O–H groups in total. The Morgan fingerprint density at radius 1 is 1.19 bits per heavy atom. The molecule has 0 bridgehead atoms. The Morgan fingerprint density at radius 3 is 2.71 bits per heavy atom. The highest BCUT2D eigenvalue weighted by Crippen LogP contribution is 2.31. The molecule has 108 valence electrons. The van der Waals surface area contributed by atoms with Gasteiger partial charge in [-0.15, -0.1) is 11.6 Å². The fourth-order valence-electron chi connectivity index (χ4n) is 2.25. The van der Waals surface area contributed by atoms with E-state index >= 15 is 0 Å². The lowest BCUT2D eigenvalue weighted by molar-refractivity contribution is 0.414. The quantitative estimate of drug-likeness (QED) is 0.528. The highest BCUT2D eigenvalue weighted by atomic mass is 79.9. The first kappa shape index (κ1) is 14.9. The van der Waals surface area contributed by atoms with Gasteiger partial charge in [-0.05, 0) is 46.3 Å². The van der Waals surface area contributed by atoms with Crippen molar-refractivity contribution in [3.05, 3.63) is 51.2 Å². The number of halogens is 3. The number of hydrogen-bond acceptors (Lipinski definition) is 2. The second-order valence-electron chi connectivity index (χ2n) is 4.45. The molecule has 3 nitrogen and oxygen atoms in total. The topological polar surface area (TPSA) is 27.1 Å². The van der Waals surface area contributed by atoms with E-state index in [2.05, 4.69) is 36.8 Å². The van der Waals surface area contributed by atoms with Gasteiger partial charge >= 0.3 is 0 Å². The standard InChI is InChI=1S/C15H11Br2ClN2O/c1-21-10-3-4-11(17)13(7-10)20-14-6-9(16)2-5-12(14)19-15(20)8-18/h2-7H,8H2,1H3. The fraction of sp³-hybridized carbons (Fsp3) is 0.133. The molecule has 0 saturated heterocycles. The SMILES string of the molecule is COc1ccc(Br)c(-n2c(CCl)nc3ccc(Br)cc32)c1. The number of imidazole rings is 1. The van der Waals surface area contributed by atoms with Crippen LogP contribution in [0.2, 0.25) is 0 Å². The van der Waals surface area contributed by atoms with Crippen molar-refractivity contribution in [2.75, 3.05) is 7.11 Å². The van der Waals surface area contributed by atoms with Crippen LogP contribution in [-0.4, -0.2) is 16.7 Å². The number of benzene rings is 2. The summed E-state index contributed by atoms with van der Waals surface area (Å²) in [5.74, 6) is 1.90. The van der Waals surface area contributed by atoms with E-state index in [1.807, 2.05) is 41.0 Å². The van der Waals surface area contributed by atoms with Crippen molar-refractivity contribution in [1.29, 1.82) is 0 Å². The molecular weight excluding hydrogens is 419 g/mol. The Bertz CT molecular complexity index is 817. The minimum absolute atomic E-state index is 0.329. The van der Waals surface area contributed by atoms with Gasteiger partial charge in [0.1, 0.15) is 11.6 Å². The molecule has 21 heavy (non-hydrogen) atoms. The Morgan fingerprint density at radius 2 is 2.00 bits per heavy atom. The molecule has 0 saturated carbocycles. The van der Waals surface area contributed by atoms with Gasteiger partial charge < -0.3 is 4.74 Å². The van der Waals surface area contributed by atoms with Gasteiger partial charge in [0.2, 0.25) is 0 Å². The Kier molecular flexibility index (Phi) is 4.24. The van der Waals surface area contributed by atoms with Crippen molar-refractivity contribution in [2.45, 2.75) is 5.88 Å².